The molecule has 0 aromatic rings. The van der Waals surface area contributed by atoms with Gasteiger partial charge in [-0.2, -0.15) is 0 Å². The van der Waals surface area contributed by atoms with Gasteiger partial charge in [-0.1, -0.05) is 0 Å². The maximum absolute atomic E-state index is 12.3. The molecular weight excluding hydrogens is 331 g/mol. The van der Waals surface area contributed by atoms with Crippen LogP contribution in [-0.4, -0.2) is 61.5 Å². The Bertz CT molecular complexity index is 570. The van der Waals surface area contributed by atoms with Gasteiger partial charge >= 0.3 is 13.5 Å². The van der Waals surface area contributed by atoms with Gasteiger partial charge in [0.2, 0.25) is 5.91 Å². The summed E-state index contributed by atoms with van der Waals surface area (Å²) >= 11 is 1.49. The first-order valence-electron chi connectivity index (χ1n) is 6.45. The Morgan fingerprint density at radius 2 is 2.09 bits per heavy atom. The van der Waals surface area contributed by atoms with E-state index in [-0.39, 0.29) is 23.0 Å². The van der Waals surface area contributed by atoms with Gasteiger partial charge in [-0.15, -0.1) is 11.8 Å². The standard InChI is InChI=1S/C12H19N2O6PS/c1-13-8-10(15)14-9(12(16)18-2)7(6-22-11(8)14)5-21(17,19-3)20-4/h5,8,11,13,16H,6H2,1-4H3. The number of amides is 1. The van der Waals surface area contributed by atoms with Crippen molar-refractivity contribution >= 4 is 25.3 Å². The molecule has 2 aliphatic heterocycles. The van der Waals surface area contributed by atoms with Crippen LogP contribution in [0, 0.1) is 0 Å². The minimum absolute atomic E-state index is 0.147. The number of rotatable bonds is 5. The summed E-state index contributed by atoms with van der Waals surface area (Å²) in [7, 11) is 2.11. The highest BCUT2D eigenvalue weighted by Gasteiger charge is 2.53. The molecule has 1 amide bonds. The first kappa shape index (κ1) is 17.4. The number of carbonyl (C=O) groups excluding carboxylic acids is 1. The number of nitrogens with one attached hydrogen (secondary N) is 1. The molecule has 2 aliphatic rings. The lowest BCUT2D eigenvalue weighted by Gasteiger charge is -2.50. The molecule has 2 heterocycles. The number of fused-ring (bicyclic) bond motifs is 1. The highest BCUT2D eigenvalue weighted by atomic mass is 32.2. The fourth-order valence-corrected chi connectivity index (χ4v) is 4.80. The molecule has 0 aromatic heterocycles. The molecule has 0 radical (unpaired) electrons. The molecule has 0 bridgehead atoms. The number of hydrogen-bond donors (Lipinski definition) is 2. The van der Waals surface area contributed by atoms with Crippen molar-refractivity contribution in [2.75, 3.05) is 34.1 Å². The Kier molecular flexibility index (Phi) is 5.24. The van der Waals surface area contributed by atoms with Crippen molar-refractivity contribution in [1.82, 2.24) is 10.2 Å². The van der Waals surface area contributed by atoms with Crippen LogP contribution in [0.3, 0.4) is 0 Å². The predicted octanol–water partition coefficient (Wildman–Crippen LogP) is 1.23. The van der Waals surface area contributed by atoms with E-state index in [0.717, 1.165) is 0 Å². The van der Waals surface area contributed by atoms with E-state index in [1.807, 2.05) is 0 Å². The molecule has 0 saturated carbocycles. The highest BCUT2D eigenvalue weighted by Crippen LogP contribution is 2.52. The van der Waals surface area contributed by atoms with E-state index >= 15 is 0 Å². The number of thioether (sulfide) groups is 1. The van der Waals surface area contributed by atoms with E-state index in [1.54, 1.807) is 7.05 Å². The molecule has 10 heteroatoms. The molecule has 0 spiro atoms. The van der Waals surface area contributed by atoms with Crippen LogP contribution >= 0.6 is 19.4 Å². The summed E-state index contributed by atoms with van der Waals surface area (Å²) in [4.78, 5) is 13.6. The zero-order valence-corrected chi connectivity index (χ0v) is 14.4. The van der Waals surface area contributed by atoms with Crippen LogP contribution < -0.4 is 5.32 Å². The van der Waals surface area contributed by atoms with Gasteiger partial charge in [-0.3, -0.25) is 14.3 Å². The molecule has 2 atom stereocenters. The Hall–Kier alpha value is -0.990. The number of aliphatic hydroxyl groups is 1. The number of aliphatic hydroxyl groups excluding tert-OH is 1. The molecule has 2 rings (SSSR count). The van der Waals surface area contributed by atoms with Crippen molar-refractivity contribution < 1.29 is 28.3 Å². The molecule has 2 saturated heterocycles. The predicted molar refractivity (Wildman–Crippen MR) is 82.3 cm³/mol. The fraction of sp³-hybridized carbons (Fsp3) is 0.583. The zero-order valence-electron chi connectivity index (χ0n) is 12.7. The van der Waals surface area contributed by atoms with E-state index in [1.165, 1.54) is 43.8 Å². The molecule has 2 unspecified atom stereocenters. The van der Waals surface area contributed by atoms with E-state index in [0.29, 0.717) is 11.3 Å². The Morgan fingerprint density at radius 1 is 1.45 bits per heavy atom. The van der Waals surface area contributed by atoms with Gasteiger partial charge in [0.05, 0.1) is 7.11 Å². The topological polar surface area (TPSA) is 97.3 Å². The smallest absolute Gasteiger partial charge is 0.354 e. The summed E-state index contributed by atoms with van der Waals surface area (Å²) < 4.78 is 26.9. The third kappa shape index (κ3) is 2.79. The first-order valence-corrected chi connectivity index (χ1v) is 9.11. The van der Waals surface area contributed by atoms with E-state index < -0.39 is 13.5 Å². The third-order valence-electron chi connectivity index (χ3n) is 3.53. The lowest BCUT2D eigenvalue weighted by atomic mass is 10.0. The van der Waals surface area contributed by atoms with E-state index in [9.17, 15) is 14.5 Å². The number of β-lactam (4-membered cyclic amide) rings is 1. The summed E-state index contributed by atoms with van der Waals surface area (Å²) in [6.45, 7) is 0. The molecule has 2 fully saturated rings. The van der Waals surface area contributed by atoms with Gasteiger partial charge in [0, 0.05) is 31.4 Å². The monoisotopic (exact) mass is 350 g/mol. The van der Waals surface area contributed by atoms with E-state index in [2.05, 4.69) is 5.32 Å². The van der Waals surface area contributed by atoms with Crippen molar-refractivity contribution in [2.45, 2.75) is 11.4 Å². The lowest BCUT2D eigenvalue weighted by Crippen LogP contribution is -2.68. The second kappa shape index (κ2) is 6.64. The van der Waals surface area contributed by atoms with Gasteiger partial charge in [-0.25, -0.2) is 0 Å². The normalized spacial score (nSPS) is 29.2. The summed E-state index contributed by atoms with van der Waals surface area (Å²) in [5.74, 6) is 1.15. The lowest BCUT2D eigenvalue weighted by molar-refractivity contribution is -0.143. The van der Waals surface area contributed by atoms with Crippen LogP contribution in [0.5, 0.6) is 0 Å². The second-order valence-electron chi connectivity index (χ2n) is 4.59. The molecule has 124 valence electrons. The number of hydrogen-bond acceptors (Lipinski definition) is 8. The number of ether oxygens (including phenoxy) is 1. The number of allylic oxidation sites excluding steroid dienone is 1. The van der Waals surface area contributed by atoms with Crippen LogP contribution in [0.15, 0.2) is 23.0 Å². The van der Waals surface area contributed by atoms with Gasteiger partial charge in [0.1, 0.15) is 17.1 Å². The summed E-state index contributed by atoms with van der Waals surface area (Å²) in [6, 6.07) is -0.317. The minimum Gasteiger partial charge on any atom is -0.479 e. The molecule has 2 N–H and O–H groups in total. The SMILES string of the molecule is CNC1C(=O)N2C(=C(O)OC)C(=CP(=O)(OC)OC)CSC12. The number of nitrogens with zero attached hydrogens (tertiary/aromatic N) is 1. The third-order valence-corrected chi connectivity index (χ3v) is 6.48. The number of carbonyl (C=O) groups is 1. The van der Waals surface area contributed by atoms with Crippen LogP contribution in [0.1, 0.15) is 0 Å². The van der Waals surface area contributed by atoms with Crippen LogP contribution in [0.4, 0.5) is 0 Å². The molecule has 0 aliphatic carbocycles. The van der Waals surface area contributed by atoms with Gasteiger partial charge in [0.25, 0.3) is 0 Å². The Balaban J connectivity index is 2.44. The van der Waals surface area contributed by atoms with Gasteiger partial charge in [0.15, 0.2) is 0 Å². The van der Waals surface area contributed by atoms with Gasteiger partial charge < -0.3 is 24.2 Å². The van der Waals surface area contributed by atoms with Crippen LogP contribution in [0.25, 0.3) is 0 Å². The van der Waals surface area contributed by atoms with Crippen LogP contribution in [0.2, 0.25) is 0 Å². The molecular formula is C12H19N2O6PS. The summed E-state index contributed by atoms with van der Waals surface area (Å²) in [5.41, 5.74) is 0.674. The first-order chi connectivity index (χ1) is 10.4. The molecule has 8 nitrogen and oxygen atoms in total. The number of likely N-dealkylation sites (N-methyl/N-ethyl adjacent to an activating group) is 1. The van der Waals surface area contributed by atoms with Gasteiger partial charge in [-0.05, 0) is 7.05 Å². The fourth-order valence-electron chi connectivity index (χ4n) is 2.34. The second-order valence-corrected chi connectivity index (χ2v) is 7.77. The van der Waals surface area contributed by atoms with E-state index in [4.69, 9.17) is 13.8 Å². The maximum Gasteiger partial charge on any atom is 0.354 e. The largest absolute Gasteiger partial charge is 0.479 e. The number of methoxy groups -OCH3 is 1. The average molecular weight is 350 g/mol. The maximum atomic E-state index is 12.3. The van der Waals surface area contributed by atoms with Crippen molar-refractivity contribution in [2.24, 2.45) is 0 Å². The Morgan fingerprint density at radius 3 is 2.59 bits per heavy atom. The quantitative estimate of drug-likeness (QED) is 0.434. The van der Waals surface area contributed by atoms with Crippen LogP contribution in [-0.2, 0) is 23.1 Å². The molecule has 0 aromatic carbocycles. The van der Waals surface area contributed by atoms with Crippen molar-refractivity contribution in [3.8, 4) is 0 Å². The average Bonchev–Trinajstić information content (AvgIpc) is 2.54. The molecule has 22 heavy (non-hydrogen) atoms. The zero-order chi connectivity index (χ0) is 16.5. The van der Waals surface area contributed by atoms with Crippen molar-refractivity contribution in [1.29, 1.82) is 0 Å². The highest BCUT2D eigenvalue weighted by molar-refractivity contribution is 8.00. The summed E-state index contributed by atoms with van der Waals surface area (Å²) in [6.07, 6.45) is 0. The summed E-state index contributed by atoms with van der Waals surface area (Å²) in [5, 5.41) is 12.8. The van der Waals surface area contributed by atoms with Crippen molar-refractivity contribution in [3.63, 3.8) is 0 Å². The Labute approximate surface area is 133 Å². The van der Waals surface area contributed by atoms with Crippen molar-refractivity contribution in [3.05, 3.63) is 23.0 Å². The minimum atomic E-state index is -3.43.